The van der Waals surface area contributed by atoms with Crippen molar-refractivity contribution in [2.75, 3.05) is 0 Å². The van der Waals surface area contributed by atoms with Crippen molar-refractivity contribution in [3.8, 4) is 0 Å². The van der Waals surface area contributed by atoms with Crippen LogP contribution in [0.3, 0.4) is 0 Å². The topological polar surface area (TPSA) is 34.9 Å². The molecule has 0 atom stereocenters. The van der Waals surface area contributed by atoms with E-state index >= 15 is 0 Å². The lowest BCUT2D eigenvalue weighted by atomic mass is 9.92. The van der Waals surface area contributed by atoms with Crippen LogP contribution in [0.25, 0.3) is 0 Å². The van der Waals surface area contributed by atoms with E-state index in [0.717, 1.165) is 5.69 Å². The lowest BCUT2D eigenvalue weighted by molar-refractivity contribution is 0.557. The largest absolute Gasteiger partial charge is 0.295 e. The highest BCUT2D eigenvalue weighted by Gasteiger charge is 2.16. The maximum atomic E-state index is 12.2. The Kier molecular flexibility index (Phi) is 3.44. The first-order valence-corrected chi connectivity index (χ1v) is 7.61. The molecule has 21 heavy (non-hydrogen) atoms. The molecule has 1 aromatic heterocycles. The van der Waals surface area contributed by atoms with Crippen LogP contribution in [0.4, 0.5) is 0 Å². The van der Waals surface area contributed by atoms with Crippen LogP contribution in [0.2, 0.25) is 0 Å². The first kappa shape index (κ1) is 14.1. The smallest absolute Gasteiger partial charge is 0.253 e. The maximum absolute atomic E-state index is 12.2. The first-order chi connectivity index (χ1) is 9.93. The zero-order chi connectivity index (χ0) is 15.0. The van der Waals surface area contributed by atoms with E-state index in [1.807, 2.05) is 0 Å². The minimum atomic E-state index is -0.0914. The monoisotopic (exact) mass is 282 g/mol. The van der Waals surface area contributed by atoms with Crippen LogP contribution >= 0.6 is 0 Å². The number of aromatic nitrogens is 2. The van der Waals surface area contributed by atoms with Crippen LogP contribution in [0.5, 0.6) is 0 Å². The van der Waals surface area contributed by atoms with Gasteiger partial charge in [-0.25, -0.2) is 4.98 Å². The molecule has 3 heteroatoms. The average Bonchev–Trinajstić information content (AvgIpc) is 2.87. The van der Waals surface area contributed by atoms with Gasteiger partial charge < -0.3 is 0 Å². The minimum absolute atomic E-state index is 0.0235. The number of benzene rings is 1. The average molecular weight is 282 g/mol. The molecular weight excluding hydrogens is 260 g/mol. The predicted octanol–water partition coefficient (Wildman–Crippen LogP) is 3.08. The van der Waals surface area contributed by atoms with Crippen molar-refractivity contribution in [3.63, 3.8) is 0 Å². The number of aryl methyl sites for hydroxylation is 2. The molecule has 0 saturated heterocycles. The van der Waals surface area contributed by atoms with Crippen LogP contribution in [-0.4, -0.2) is 9.55 Å². The van der Waals surface area contributed by atoms with E-state index in [4.69, 9.17) is 0 Å². The molecule has 0 radical (unpaired) electrons. The molecule has 0 unspecified atom stereocenters. The van der Waals surface area contributed by atoms with Crippen molar-refractivity contribution in [2.45, 2.75) is 52.0 Å². The molecule has 110 valence electrons. The Morgan fingerprint density at radius 1 is 1.14 bits per heavy atom. The fraction of sp³-hybridized carbons (Fsp3) is 0.444. The third kappa shape index (κ3) is 2.92. The normalized spacial score (nSPS) is 14.2. The van der Waals surface area contributed by atoms with E-state index in [-0.39, 0.29) is 11.0 Å². The quantitative estimate of drug-likeness (QED) is 0.848. The van der Waals surface area contributed by atoms with E-state index in [0.29, 0.717) is 6.54 Å². The zero-order valence-electron chi connectivity index (χ0n) is 13.0. The second-order valence-corrected chi connectivity index (χ2v) is 6.95. The standard InChI is InChI=1S/C18H22N2O/c1-18(2,3)16-10-17(21)20(12-19-16)11-13-7-8-14-5-4-6-15(14)9-13/h7-10,12H,4-6,11H2,1-3H3. The lowest BCUT2D eigenvalue weighted by Crippen LogP contribution is -2.25. The highest BCUT2D eigenvalue weighted by molar-refractivity contribution is 5.35. The van der Waals surface area contributed by atoms with Crippen LogP contribution in [-0.2, 0) is 24.8 Å². The van der Waals surface area contributed by atoms with E-state index < -0.39 is 0 Å². The van der Waals surface area contributed by atoms with Crippen molar-refractivity contribution in [2.24, 2.45) is 0 Å². The fourth-order valence-corrected chi connectivity index (χ4v) is 2.88. The molecule has 0 saturated carbocycles. The molecule has 1 aromatic carbocycles. The summed E-state index contributed by atoms with van der Waals surface area (Å²) in [5.41, 5.74) is 4.87. The second-order valence-electron chi connectivity index (χ2n) is 6.95. The summed E-state index contributed by atoms with van der Waals surface area (Å²) in [5.74, 6) is 0. The van der Waals surface area contributed by atoms with E-state index in [9.17, 15) is 4.79 Å². The van der Waals surface area contributed by atoms with Crippen LogP contribution < -0.4 is 5.56 Å². The van der Waals surface area contributed by atoms with Gasteiger partial charge in [-0.15, -0.1) is 0 Å². The first-order valence-electron chi connectivity index (χ1n) is 7.61. The Labute approximate surface area is 125 Å². The van der Waals surface area contributed by atoms with Gasteiger partial charge in [-0.05, 0) is 36.0 Å². The van der Waals surface area contributed by atoms with Gasteiger partial charge >= 0.3 is 0 Å². The van der Waals surface area contributed by atoms with Crippen molar-refractivity contribution in [1.82, 2.24) is 9.55 Å². The Morgan fingerprint density at radius 3 is 2.62 bits per heavy atom. The molecule has 0 fully saturated rings. The van der Waals surface area contributed by atoms with Gasteiger partial charge in [0.2, 0.25) is 0 Å². The third-order valence-electron chi connectivity index (χ3n) is 4.16. The van der Waals surface area contributed by atoms with Crippen molar-refractivity contribution in [3.05, 3.63) is 63.3 Å². The molecule has 1 aliphatic carbocycles. The number of hydrogen-bond donors (Lipinski definition) is 0. The molecule has 0 amide bonds. The van der Waals surface area contributed by atoms with Crippen molar-refractivity contribution in [1.29, 1.82) is 0 Å². The molecule has 1 heterocycles. The van der Waals surface area contributed by atoms with Gasteiger partial charge in [0.1, 0.15) is 0 Å². The Balaban J connectivity index is 1.87. The van der Waals surface area contributed by atoms with Crippen LogP contribution in [0, 0.1) is 0 Å². The van der Waals surface area contributed by atoms with Gasteiger partial charge in [-0.1, -0.05) is 39.0 Å². The molecule has 3 rings (SSSR count). The van der Waals surface area contributed by atoms with E-state index in [2.05, 4.69) is 44.0 Å². The van der Waals surface area contributed by atoms with E-state index in [1.54, 1.807) is 17.0 Å². The summed E-state index contributed by atoms with van der Waals surface area (Å²) >= 11 is 0. The molecular formula is C18H22N2O. The molecule has 0 bridgehead atoms. The van der Waals surface area contributed by atoms with Crippen molar-refractivity contribution < 1.29 is 0 Å². The van der Waals surface area contributed by atoms with Gasteiger partial charge in [0, 0.05) is 11.5 Å². The van der Waals surface area contributed by atoms with Gasteiger partial charge in [0.05, 0.1) is 18.6 Å². The minimum Gasteiger partial charge on any atom is -0.295 e. The molecule has 3 nitrogen and oxygen atoms in total. The number of fused-ring (bicyclic) bond motifs is 1. The summed E-state index contributed by atoms with van der Waals surface area (Å²) in [5, 5.41) is 0. The maximum Gasteiger partial charge on any atom is 0.253 e. The molecule has 0 aliphatic heterocycles. The summed E-state index contributed by atoms with van der Waals surface area (Å²) in [6.07, 6.45) is 5.29. The summed E-state index contributed by atoms with van der Waals surface area (Å²) in [6, 6.07) is 8.24. The second kappa shape index (κ2) is 5.14. The highest BCUT2D eigenvalue weighted by atomic mass is 16.1. The van der Waals surface area contributed by atoms with Gasteiger partial charge in [0.25, 0.3) is 5.56 Å². The molecule has 0 spiro atoms. The van der Waals surface area contributed by atoms with Gasteiger partial charge in [-0.3, -0.25) is 9.36 Å². The van der Waals surface area contributed by atoms with E-state index in [1.165, 1.54) is 36.0 Å². The highest BCUT2D eigenvalue weighted by Crippen LogP contribution is 2.23. The predicted molar refractivity (Wildman–Crippen MR) is 84.8 cm³/mol. The van der Waals surface area contributed by atoms with Crippen LogP contribution in [0.15, 0.2) is 35.4 Å². The summed E-state index contributed by atoms with van der Waals surface area (Å²) < 4.78 is 1.69. The van der Waals surface area contributed by atoms with Gasteiger partial charge in [-0.2, -0.15) is 0 Å². The SMILES string of the molecule is CC(C)(C)c1cc(=O)n(Cc2ccc3c(c2)CCC3)cn1. The lowest BCUT2D eigenvalue weighted by Gasteiger charge is -2.17. The Hall–Kier alpha value is -1.90. The molecule has 2 aromatic rings. The molecule has 0 N–H and O–H groups in total. The summed E-state index contributed by atoms with van der Waals surface area (Å²) in [4.78, 5) is 16.7. The van der Waals surface area contributed by atoms with Crippen LogP contribution in [0.1, 0.15) is 49.6 Å². The Bertz CT molecular complexity index is 723. The number of rotatable bonds is 2. The number of hydrogen-bond acceptors (Lipinski definition) is 2. The third-order valence-corrected chi connectivity index (χ3v) is 4.16. The summed E-state index contributed by atoms with van der Waals surface area (Å²) in [7, 11) is 0. The fourth-order valence-electron chi connectivity index (χ4n) is 2.88. The van der Waals surface area contributed by atoms with Gasteiger partial charge in [0.15, 0.2) is 0 Å². The Morgan fingerprint density at radius 2 is 1.90 bits per heavy atom. The van der Waals surface area contributed by atoms with Crippen molar-refractivity contribution >= 4 is 0 Å². The summed E-state index contributed by atoms with van der Waals surface area (Å²) in [6.45, 7) is 6.81. The zero-order valence-corrected chi connectivity index (χ0v) is 13.0. The molecule has 1 aliphatic rings. The number of nitrogens with zero attached hydrogens (tertiary/aromatic N) is 2.